The van der Waals surface area contributed by atoms with E-state index in [4.69, 9.17) is 19.3 Å². The number of benzene rings is 2. The lowest BCUT2D eigenvalue weighted by molar-refractivity contribution is 0.0993. The largest absolute Gasteiger partial charge is 0.504 e. The summed E-state index contributed by atoms with van der Waals surface area (Å²) in [5.41, 5.74) is 1.18. The summed E-state index contributed by atoms with van der Waals surface area (Å²) in [6.45, 7) is -0.0257. The molecule has 2 rings (SSSR count). The maximum Gasteiger partial charge on any atom is 0.412 e. The second kappa shape index (κ2) is 9.53. The Hall–Kier alpha value is -2.93. The molecule has 26 heavy (non-hydrogen) atoms. The van der Waals surface area contributed by atoms with E-state index in [9.17, 15) is 9.90 Å². The van der Waals surface area contributed by atoms with Crippen LogP contribution in [0.15, 0.2) is 42.5 Å². The number of carbonyl (C=O) groups excluding carboxylic acids is 1. The minimum Gasteiger partial charge on any atom is -0.504 e. The molecule has 7 heteroatoms. The van der Waals surface area contributed by atoms with Gasteiger partial charge in [0.1, 0.15) is 11.9 Å². The highest BCUT2D eigenvalue weighted by molar-refractivity contribution is 5.84. The fraction of sp³-hybridized carbons (Fsp3) is 0.316. The van der Waals surface area contributed by atoms with Crippen molar-refractivity contribution < 1.29 is 29.2 Å². The first-order chi connectivity index (χ1) is 12.6. The van der Waals surface area contributed by atoms with Crippen molar-refractivity contribution in [3.8, 4) is 17.2 Å². The molecule has 0 aliphatic carbocycles. The summed E-state index contributed by atoms with van der Waals surface area (Å²) >= 11 is 0. The zero-order valence-corrected chi connectivity index (χ0v) is 14.8. The number of methoxy groups -OCH3 is 2. The van der Waals surface area contributed by atoms with Crippen LogP contribution in [-0.2, 0) is 4.74 Å². The maximum atomic E-state index is 12.2. The second-order valence-electron chi connectivity index (χ2n) is 5.54. The molecule has 0 unspecified atom stereocenters. The van der Waals surface area contributed by atoms with Gasteiger partial charge in [0, 0.05) is 12.3 Å². The summed E-state index contributed by atoms with van der Waals surface area (Å²) in [5, 5.41) is 21.7. The van der Waals surface area contributed by atoms with Gasteiger partial charge in [-0.1, -0.05) is 6.07 Å². The van der Waals surface area contributed by atoms with Gasteiger partial charge in [-0.05, 0) is 54.8 Å². The molecule has 0 aliphatic heterocycles. The highest BCUT2D eigenvalue weighted by Gasteiger charge is 2.18. The number of hydrogen-bond donors (Lipinski definition) is 3. The number of rotatable bonds is 8. The normalized spacial score (nSPS) is 11.5. The van der Waals surface area contributed by atoms with Gasteiger partial charge >= 0.3 is 6.09 Å². The third-order valence-corrected chi connectivity index (χ3v) is 3.78. The van der Waals surface area contributed by atoms with E-state index in [0.717, 1.165) is 0 Å². The number of aliphatic hydroxyl groups is 1. The number of aliphatic hydroxyl groups excluding tert-OH is 1. The SMILES string of the molecule is COc1ccc(NC(=O)O[C@@H](CCCO)c2ccc(OC)c(O)c2)cc1. The summed E-state index contributed by atoms with van der Waals surface area (Å²) in [6, 6.07) is 11.6. The van der Waals surface area contributed by atoms with E-state index in [0.29, 0.717) is 35.6 Å². The van der Waals surface area contributed by atoms with Crippen molar-refractivity contribution >= 4 is 11.8 Å². The fourth-order valence-corrected chi connectivity index (χ4v) is 2.43. The van der Waals surface area contributed by atoms with E-state index in [1.807, 2.05) is 0 Å². The molecule has 0 radical (unpaired) electrons. The maximum absolute atomic E-state index is 12.2. The molecule has 0 spiro atoms. The smallest absolute Gasteiger partial charge is 0.412 e. The summed E-state index contributed by atoms with van der Waals surface area (Å²) in [4.78, 5) is 12.2. The summed E-state index contributed by atoms with van der Waals surface area (Å²) in [5.74, 6) is 0.967. The van der Waals surface area contributed by atoms with Crippen molar-refractivity contribution in [3.63, 3.8) is 0 Å². The van der Waals surface area contributed by atoms with Gasteiger partial charge in [-0.3, -0.25) is 5.32 Å². The van der Waals surface area contributed by atoms with Crippen molar-refractivity contribution in [1.82, 2.24) is 0 Å². The van der Waals surface area contributed by atoms with Crippen molar-refractivity contribution in [1.29, 1.82) is 0 Å². The Bertz CT molecular complexity index is 716. The fourth-order valence-electron chi connectivity index (χ4n) is 2.43. The minimum absolute atomic E-state index is 0.0257. The van der Waals surface area contributed by atoms with Crippen LogP contribution in [0.3, 0.4) is 0 Å². The van der Waals surface area contributed by atoms with Crippen LogP contribution in [-0.4, -0.2) is 37.1 Å². The van der Waals surface area contributed by atoms with Crippen LogP contribution >= 0.6 is 0 Å². The number of ether oxygens (including phenoxy) is 3. The van der Waals surface area contributed by atoms with Crippen molar-refractivity contribution in [2.75, 3.05) is 26.1 Å². The van der Waals surface area contributed by atoms with E-state index >= 15 is 0 Å². The molecule has 0 aromatic heterocycles. The monoisotopic (exact) mass is 361 g/mol. The second-order valence-corrected chi connectivity index (χ2v) is 5.54. The van der Waals surface area contributed by atoms with Gasteiger partial charge in [-0.25, -0.2) is 4.79 Å². The van der Waals surface area contributed by atoms with Gasteiger partial charge in [-0.15, -0.1) is 0 Å². The molecule has 2 aromatic rings. The summed E-state index contributed by atoms with van der Waals surface area (Å²) in [6.07, 6.45) is -0.378. The topological polar surface area (TPSA) is 97.3 Å². The average Bonchev–Trinajstić information content (AvgIpc) is 2.65. The third kappa shape index (κ3) is 5.29. The van der Waals surface area contributed by atoms with Crippen LogP contribution in [0.1, 0.15) is 24.5 Å². The number of aromatic hydroxyl groups is 1. The van der Waals surface area contributed by atoms with Gasteiger partial charge in [0.25, 0.3) is 0 Å². The van der Waals surface area contributed by atoms with Crippen LogP contribution in [0.2, 0.25) is 0 Å². The molecule has 3 N–H and O–H groups in total. The molecule has 0 aliphatic rings. The molecule has 7 nitrogen and oxygen atoms in total. The third-order valence-electron chi connectivity index (χ3n) is 3.78. The molecule has 0 saturated heterocycles. The van der Waals surface area contributed by atoms with E-state index in [1.54, 1.807) is 43.5 Å². The molecule has 0 bridgehead atoms. The number of anilines is 1. The predicted molar refractivity (Wildman–Crippen MR) is 96.8 cm³/mol. The Morgan fingerprint density at radius 1 is 1.12 bits per heavy atom. The molecule has 0 heterocycles. The number of phenols is 1. The molecular formula is C19H23NO6. The molecule has 0 fully saturated rings. The molecule has 0 saturated carbocycles. The Morgan fingerprint density at radius 2 is 1.85 bits per heavy atom. The Labute approximate surface area is 152 Å². The van der Waals surface area contributed by atoms with E-state index in [2.05, 4.69) is 5.32 Å². The summed E-state index contributed by atoms with van der Waals surface area (Å²) < 4.78 is 15.6. The average molecular weight is 361 g/mol. The summed E-state index contributed by atoms with van der Waals surface area (Å²) in [7, 11) is 3.02. The number of amides is 1. The van der Waals surface area contributed by atoms with Crippen LogP contribution < -0.4 is 14.8 Å². The lowest BCUT2D eigenvalue weighted by Crippen LogP contribution is -2.18. The van der Waals surface area contributed by atoms with Gasteiger partial charge in [0.2, 0.25) is 0 Å². The highest BCUT2D eigenvalue weighted by atomic mass is 16.6. The zero-order chi connectivity index (χ0) is 18.9. The van der Waals surface area contributed by atoms with E-state index in [-0.39, 0.29) is 12.4 Å². The van der Waals surface area contributed by atoms with Crippen LogP contribution in [0.5, 0.6) is 17.2 Å². The first-order valence-corrected chi connectivity index (χ1v) is 8.16. The van der Waals surface area contributed by atoms with E-state index in [1.165, 1.54) is 13.2 Å². The lowest BCUT2D eigenvalue weighted by atomic mass is 10.0. The van der Waals surface area contributed by atoms with Crippen molar-refractivity contribution in [2.45, 2.75) is 18.9 Å². The molecule has 1 amide bonds. The van der Waals surface area contributed by atoms with Crippen LogP contribution in [0.25, 0.3) is 0 Å². The molecule has 1 atom stereocenters. The van der Waals surface area contributed by atoms with Gasteiger partial charge < -0.3 is 24.4 Å². The van der Waals surface area contributed by atoms with Gasteiger partial charge in [0.05, 0.1) is 14.2 Å². The van der Waals surface area contributed by atoms with Gasteiger partial charge in [0.15, 0.2) is 11.5 Å². The zero-order valence-electron chi connectivity index (χ0n) is 14.8. The standard InChI is InChI=1S/C19H23NO6/c1-24-15-8-6-14(7-9-15)20-19(23)26-17(4-3-11-21)13-5-10-18(25-2)16(22)12-13/h5-10,12,17,21-22H,3-4,11H2,1-2H3,(H,20,23)/t17-/m0/s1. The first kappa shape index (κ1) is 19.4. The quantitative estimate of drug-likeness (QED) is 0.666. The number of phenolic OH excluding ortho intramolecular Hbond substituents is 1. The molecule has 2 aromatic carbocycles. The van der Waals surface area contributed by atoms with Crippen molar-refractivity contribution in [3.05, 3.63) is 48.0 Å². The van der Waals surface area contributed by atoms with E-state index < -0.39 is 12.2 Å². The van der Waals surface area contributed by atoms with Crippen molar-refractivity contribution in [2.24, 2.45) is 0 Å². The number of carbonyl (C=O) groups is 1. The van der Waals surface area contributed by atoms with Gasteiger partial charge in [-0.2, -0.15) is 0 Å². The number of hydrogen-bond acceptors (Lipinski definition) is 6. The molecular weight excluding hydrogens is 338 g/mol. The highest BCUT2D eigenvalue weighted by Crippen LogP contribution is 2.32. The van der Waals surface area contributed by atoms with Crippen LogP contribution in [0, 0.1) is 0 Å². The molecule has 140 valence electrons. The number of nitrogens with one attached hydrogen (secondary N) is 1. The van der Waals surface area contributed by atoms with Crippen LogP contribution in [0.4, 0.5) is 10.5 Å². The Balaban J connectivity index is 2.08. The Kier molecular flexibility index (Phi) is 7.11. The predicted octanol–water partition coefficient (Wildman–Crippen LogP) is 3.47. The Morgan fingerprint density at radius 3 is 2.42 bits per heavy atom. The minimum atomic E-state index is -0.631. The lowest BCUT2D eigenvalue weighted by Gasteiger charge is -2.19. The first-order valence-electron chi connectivity index (χ1n) is 8.16.